The van der Waals surface area contributed by atoms with Gasteiger partial charge in [-0.2, -0.15) is 0 Å². The Kier molecular flexibility index (Phi) is 2.86. The molecule has 0 saturated carbocycles. The van der Waals surface area contributed by atoms with Gasteiger partial charge in [0.05, 0.1) is 12.7 Å². The number of aromatic amines is 1. The first-order valence-corrected chi connectivity index (χ1v) is 5.99. The average molecular weight is 241 g/mol. The second-order valence-electron chi connectivity index (χ2n) is 4.37. The van der Waals surface area contributed by atoms with E-state index >= 15 is 0 Å². The molecule has 0 aliphatic heterocycles. The number of aromatic nitrogens is 2. The monoisotopic (exact) mass is 241 g/mol. The summed E-state index contributed by atoms with van der Waals surface area (Å²) in [5.41, 5.74) is 2.42. The topological polar surface area (TPSA) is 53.9 Å². The lowest BCUT2D eigenvalue weighted by Crippen LogP contribution is -2.12. The molecule has 3 rings (SSSR count). The molecule has 0 aliphatic carbocycles. The number of nitrogens with one attached hydrogen (secondary N) is 2. The summed E-state index contributed by atoms with van der Waals surface area (Å²) in [5, 5.41) is 4.56. The van der Waals surface area contributed by atoms with Crippen molar-refractivity contribution in [3.05, 3.63) is 53.9 Å². The van der Waals surface area contributed by atoms with E-state index in [1.54, 1.807) is 6.20 Å². The van der Waals surface area contributed by atoms with E-state index in [2.05, 4.69) is 39.6 Å². The summed E-state index contributed by atoms with van der Waals surface area (Å²) in [6.45, 7) is 3.36. The van der Waals surface area contributed by atoms with E-state index < -0.39 is 0 Å². The lowest BCUT2D eigenvalue weighted by Gasteiger charge is -2.03. The molecule has 1 aromatic carbocycles. The minimum atomic E-state index is 0.652. The number of benzene rings is 1. The molecule has 18 heavy (non-hydrogen) atoms. The molecule has 3 aromatic rings. The van der Waals surface area contributed by atoms with Crippen molar-refractivity contribution in [1.82, 2.24) is 15.3 Å². The summed E-state index contributed by atoms with van der Waals surface area (Å²) in [4.78, 5) is 7.34. The van der Waals surface area contributed by atoms with Gasteiger partial charge in [0.1, 0.15) is 5.76 Å². The second kappa shape index (κ2) is 4.66. The van der Waals surface area contributed by atoms with Gasteiger partial charge >= 0.3 is 0 Å². The molecule has 0 spiro atoms. The first-order valence-electron chi connectivity index (χ1n) is 5.99. The largest absolute Gasteiger partial charge is 0.445 e. The van der Waals surface area contributed by atoms with Gasteiger partial charge in [-0.1, -0.05) is 6.07 Å². The first-order chi connectivity index (χ1) is 8.81. The summed E-state index contributed by atoms with van der Waals surface area (Å²) in [6, 6.07) is 8.48. The molecule has 0 aliphatic rings. The highest BCUT2D eigenvalue weighted by Crippen LogP contribution is 2.14. The Morgan fingerprint density at radius 1 is 1.28 bits per heavy atom. The Bertz CT molecular complexity index is 654. The Morgan fingerprint density at radius 2 is 2.22 bits per heavy atom. The average Bonchev–Trinajstić information content (AvgIpc) is 2.97. The first kappa shape index (κ1) is 11.0. The maximum Gasteiger partial charge on any atom is 0.208 e. The molecule has 0 atom stereocenters. The number of rotatable bonds is 4. The number of aryl methyl sites for hydroxylation is 1. The number of hydrogen-bond donors (Lipinski definition) is 2. The molecular weight excluding hydrogens is 226 g/mol. The minimum Gasteiger partial charge on any atom is -0.445 e. The van der Waals surface area contributed by atoms with E-state index in [9.17, 15) is 0 Å². The number of fused-ring (bicyclic) bond motifs is 1. The van der Waals surface area contributed by atoms with E-state index in [1.807, 2.05) is 13.1 Å². The fourth-order valence-corrected chi connectivity index (χ4v) is 2.01. The van der Waals surface area contributed by atoms with Crippen molar-refractivity contribution >= 4 is 10.9 Å². The van der Waals surface area contributed by atoms with Crippen LogP contribution in [0.4, 0.5) is 0 Å². The molecule has 4 nitrogen and oxygen atoms in total. The van der Waals surface area contributed by atoms with Crippen molar-refractivity contribution < 1.29 is 4.42 Å². The van der Waals surface area contributed by atoms with E-state index in [-0.39, 0.29) is 0 Å². The van der Waals surface area contributed by atoms with Crippen LogP contribution in [-0.4, -0.2) is 9.97 Å². The highest BCUT2D eigenvalue weighted by molar-refractivity contribution is 5.79. The summed E-state index contributed by atoms with van der Waals surface area (Å²) >= 11 is 0. The third-order valence-corrected chi connectivity index (χ3v) is 2.89. The van der Waals surface area contributed by atoms with Gasteiger partial charge in [-0.3, -0.25) is 0 Å². The van der Waals surface area contributed by atoms with Crippen LogP contribution in [0.3, 0.4) is 0 Å². The smallest absolute Gasteiger partial charge is 0.208 e. The highest BCUT2D eigenvalue weighted by atomic mass is 16.4. The predicted octanol–water partition coefficient (Wildman–Crippen LogP) is 2.75. The zero-order valence-corrected chi connectivity index (χ0v) is 10.2. The number of H-pyrrole nitrogens is 1. The van der Waals surface area contributed by atoms with Gasteiger partial charge in [0.2, 0.25) is 5.89 Å². The summed E-state index contributed by atoms with van der Waals surface area (Å²) in [6.07, 6.45) is 3.69. The van der Waals surface area contributed by atoms with Crippen molar-refractivity contribution in [2.75, 3.05) is 0 Å². The van der Waals surface area contributed by atoms with Gasteiger partial charge in [-0.25, -0.2) is 4.98 Å². The zero-order chi connectivity index (χ0) is 12.4. The SMILES string of the molecule is Cc1cnc(CNCc2ccc3[nH]ccc3c2)o1. The molecule has 0 bridgehead atoms. The van der Waals surface area contributed by atoms with Crippen LogP contribution in [0.15, 0.2) is 41.1 Å². The summed E-state index contributed by atoms with van der Waals surface area (Å²) < 4.78 is 5.40. The third kappa shape index (κ3) is 2.28. The van der Waals surface area contributed by atoms with Gasteiger partial charge in [0.25, 0.3) is 0 Å². The maximum absolute atomic E-state index is 5.40. The summed E-state index contributed by atoms with van der Waals surface area (Å²) in [5.74, 6) is 1.58. The predicted molar refractivity (Wildman–Crippen MR) is 70.1 cm³/mol. The van der Waals surface area contributed by atoms with Crippen LogP contribution in [0.25, 0.3) is 10.9 Å². The van der Waals surface area contributed by atoms with Crippen LogP contribution in [-0.2, 0) is 13.1 Å². The van der Waals surface area contributed by atoms with Crippen molar-refractivity contribution in [2.24, 2.45) is 0 Å². The lowest BCUT2D eigenvalue weighted by molar-refractivity contribution is 0.449. The molecule has 92 valence electrons. The fraction of sp³-hybridized carbons (Fsp3) is 0.214. The van der Waals surface area contributed by atoms with Gasteiger partial charge in [0.15, 0.2) is 0 Å². The minimum absolute atomic E-state index is 0.652. The second-order valence-corrected chi connectivity index (χ2v) is 4.37. The number of oxazole rings is 1. The Hall–Kier alpha value is -2.07. The van der Waals surface area contributed by atoms with Crippen LogP contribution >= 0.6 is 0 Å². The molecule has 2 aromatic heterocycles. The molecule has 0 radical (unpaired) electrons. The Balaban J connectivity index is 1.62. The zero-order valence-electron chi connectivity index (χ0n) is 10.2. The molecular formula is C14H15N3O. The van der Waals surface area contributed by atoms with E-state index in [4.69, 9.17) is 4.42 Å². The van der Waals surface area contributed by atoms with E-state index in [1.165, 1.54) is 16.5 Å². The molecule has 0 fully saturated rings. The third-order valence-electron chi connectivity index (χ3n) is 2.89. The molecule has 4 heteroatoms. The van der Waals surface area contributed by atoms with Crippen molar-refractivity contribution in [2.45, 2.75) is 20.0 Å². The van der Waals surface area contributed by atoms with Gasteiger partial charge in [-0.05, 0) is 36.1 Å². The van der Waals surface area contributed by atoms with Crippen molar-refractivity contribution in [1.29, 1.82) is 0 Å². The van der Waals surface area contributed by atoms with Crippen molar-refractivity contribution in [3.8, 4) is 0 Å². The Labute approximate surface area is 105 Å². The number of hydrogen-bond acceptors (Lipinski definition) is 3. The molecule has 0 saturated heterocycles. The highest BCUT2D eigenvalue weighted by Gasteiger charge is 2.01. The maximum atomic E-state index is 5.40. The van der Waals surface area contributed by atoms with Crippen LogP contribution < -0.4 is 5.32 Å². The van der Waals surface area contributed by atoms with E-state index in [0.717, 1.165) is 18.2 Å². The normalized spacial score (nSPS) is 11.2. The fourth-order valence-electron chi connectivity index (χ4n) is 2.01. The van der Waals surface area contributed by atoms with Gasteiger partial charge < -0.3 is 14.7 Å². The number of nitrogens with zero attached hydrogens (tertiary/aromatic N) is 1. The van der Waals surface area contributed by atoms with Crippen LogP contribution in [0, 0.1) is 6.92 Å². The van der Waals surface area contributed by atoms with Gasteiger partial charge in [0, 0.05) is 18.3 Å². The molecule has 2 heterocycles. The summed E-state index contributed by atoms with van der Waals surface area (Å²) in [7, 11) is 0. The van der Waals surface area contributed by atoms with E-state index in [0.29, 0.717) is 6.54 Å². The Morgan fingerprint density at radius 3 is 3.06 bits per heavy atom. The lowest BCUT2D eigenvalue weighted by atomic mass is 10.1. The van der Waals surface area contributed by atoms with Crippen LogP contribution in [0.1, 0.15) is 17.2 Å². The standard InChI is InChI=1S/C14H15N3O/c1-10-7-17-14(18-10)9-15-8-11-2-3-13-12(6-11)4-5-16-13/h2-7,15-16H,8-9H2,1H3. The molecule has 0 unspecified atom stereocenters. The van der Waals surface area contributed by atoms with Crippen LogP contribution in [0.2, 0.25) is 0 Å². The molecule has 0 amide bonds. The van der Waals surface area contributed by atoms with Crippen LogP contribution in [0.5, 0.6) is 0 Å². The quantitative estimate of drug-likeness (QED) is 0.738. The van der Waals surface area contributed by atoms with Gasteiger partial charge in [-0.15, -0.1) is 0 Å². The van der Waals surface area contributed by atoms with Crippen molar-refractivity contribution in [3.63, 3.8) is 0 Å². The molecule has 2 N–H and O–H groups in total.